The summed E-state index contributed by atoms with van der Waals surface area (Å²) >= 11 is 0. The maximum Gasteiger partial charge on any atom is 0.0778 e. The van der Waals surface area contributed by atoms with Crippen LogP contribution in [0.1, 0.15) is 40.5 Å². The van der Waals surface area contributed by atoms with Crippen LogP contribution in [0.25, 0.3) is 0 Å². The molecule has 0 spiro atoms. The van der Waals surface area contributed by atoms with E-state index in [1.54, 1.807) is 5.20 Å². The van der Waals surface area contributed by atoms with Gasteiger partial charge in [0.25, 0.3) is 0 Å². The van der Waals surface area contributed by atoms with Crippen LogP contribution in [0.2, 0.25) is 5.04 Å². The highest BCUT2D eigenvalue weighted by atomic mass is 28.2. The van der Waals surface area contributed by atoms with Gasteiger partial charge in [0.05, 0.1) is 19.0 Å². The zero-order valence-corrected chi connectivity index (χ0v) is 15.1. The number of hydrogen-bond donors (Lipinski definition) is 0. The molecule has 2 aliphatic rings. The van der Waals surface area contributed by atoms with Gasteiger partial charge in [-0.05, 0) is 51.5 Å². The molecule has 18 heavy (non-hydrogen) atoms. The average Bonchev–Trinajstić information content (AvgIpc) is 2.28. The van der Waals surface area contributed by atoms with E-state index in [4.69, 9.17) is 0 Å². The lowest BCUT2D eigenvalue weighted by Gasteiger charge is -2.48. The first-order chi connectivity index (χ1) is 8.52. The van der Waals surface area contributed by atoms with Gasteiger partial charge in [-0.25, -0.2) is 0 Å². The number of rotatable bonds is 4. The van der Waals surface area contributed by atoms with Crippen molar-refractivity contribution in [3.63, 3.8) is 0 Å². The van der Waals surface area contributed by atoms with Crippen molar-refractivity contribution in [2.45, 2.75) is 45.6 Å². The van der Waals surface area contributed by atoms with Gasteiger partial charge in [0.1, 0.15) is 0 Å². The molecule has 2 rings (SSSR count). The van der Waals surface area contributed by atoms with E-state index in [1.807, 2.05) is 0 Å². The maximum absolute atomic E-state index is 2.63. The van der Waals surface area contributed by atoms with Gasteiger partial charge >= 0.3 is 0 Å². The number of hydrogen-bond acceptors (Lipinski definition) is 0. The van der Waals surface area contributed by atoms with Crippen molar-refractivity contribution in [1.29, 1.82) is 0 Å². The van der Waals surface area contributed by atoms with E-state index in [-0.39, 0.29) is 19.0 Å². The Balaban J connectivity index is 2.03. The van der Waals surface area contributed by atoms with Gasteiger partial charge in [-0.1, -0.05) is 40.3 Å². The van der Waals surface area contributed by atoms with Gasteiger partial charge in [0, 0.05) is 0 Å². The second-order valence-electron chi connectivity index (χ2n) is 6.42. The van der Waals surface area contributed by atoms with Gasteiger partial charge in [-0.3, -0.25) is 0 Å². The first kappa shape index (κ1) is 13.8. The summed E-state index contributed by atoms with van der Waals surface area (Å²) in [6, 6.07) is 0. The van der Waals surface area contributed by atoms with Crippen LogP contribution in [0, 0.1) is 5.92 Å². The van der Waals surface area contributed by atoms with Gasteiger partial charge in [-0.15, -0.1) is 5.70 Å². The zero-order chi connectivity index (χ0) is 13.2. The lowest BCUT2D eigenvalue weighted by atomic mass is 9.70. The van der Waals surface area contributed by atoms with Crippen LogP contribution in [0.5, 0.6) is 0 Å². The molecule has 2 heteroatoms. The molecule has 1 saturated carbocycles. The van der Waals surface area contributed by atoms with E-state index in [0.717, 1.165) is 5.92 Å². The van der Waals surface area contributed by atoms with Crippen molar-refractivity contribution in [3.05, 3.63) is 46.0 Å². The molecule has 2 aliphatic carbocycles. The Morgan fingerprint density at radius 1 is 1.22 bits per heavy atom. The molecule has 0 amide bonds. The van der Waals surface area contributed by atoms with Crippen LogP contribution in [0.4, 0.5) is 0 Å². The summed E-state index contributed by atoms with van der Waals surface area (Å²) in [7, 11) is -0.230. The third-order valence-electron chi connectivity index (χ3n) is 4.34. The van der Waals surface area contributed by atoms with E-state index in [9.17, 15) is 0 Å². The molecule has 0 saturated heterocycles. The molecule has 0 aromatic carbocycles. The van der Waals surface area contributed by atoms with Gasteiger partial charge < -0.3 is 0 Å². The quantitative estimate of drug-likeness (QED) is 0.691. The van der Waals surface area contributed by atoms with Crippen molar-refractivity contribution < 1.29 is 0 Å². The fourth-order valence-corrected chi connectivity index (χ4v) is 6.29. The summed E-state index contributed by atoms with van der Waals surface area (Å²) in [5.74, 6) is 0.887. The van der Waals surface area contributed by atoms with Gasteiger partial charge in [0.2, 0.25) is 0 Å². The van der Waals surface area contributed by atoms with Crippen LogP contribution < -0.4 is 0 Å². The summed E-state index contributed by atoms with van der Waals surface area (Å²) in [6.45, 7) is 8.92. The van der Waals surface area contributed by atoms with Crippen LogP contribution in [0.15, 0.2) is 46.0 Å². The van der Waals surface area contributed by atoms with Crippen molar-refractivity contribution in [2.24, 2.45) is 5.92 Å². The minimum absolute atomic E-state index is 0.0847. The van der Waals surface area contributed by atoms with Crippen LogP contribution in [-0.4, -0.2) is 19.0 Å². The summed E-state index contributed by atoms with van der Waals surface area (Å²) in [6.07, 6.45) is 10.6. The summed E-state index contributed by atoms with van der Waals surface area (Å²) < 4.78 is 0. The highest BCUT2D eigenvalue weighted by Crippen LogP contribution is 2.56. The average molecular weight is 275 g/mol. The smallest absolute Gasteiger partial charge is 0.0778 e. The molecular formula is C16H26Si2. The second kappa shape index (κ2) is 5.58. The standard InChI is InChI=1S/C16H26Si2/c1-12(2)10-17-15-6-8-16(18-11-13(3)4)7-5-14(16)9-15/h6,8-11,14H,5,7,17-18H2,1-4H3. The largest absolute Gasteiger partial charge is 0.102 e. The van der Waals surface area contributed by atoms with Crippen molar-refractivity contribution >= 4 is 19.0 Å². The van der Waals surface area contributed by atoms with E-state index >= 15 is 0 Å². The normalized spacial score (nSPS) is 30.2. The van der Waals surface area contributed by atoms with E-state index < -0.39 is 0 Å². The fourth-order valence-electron chi connectivity index (χ4n) is 2.90. The summed E-state index contributed by atoms with van der Waals surface area (Å²) in [5, 5.41) is 2.29. The molecule has 0 bridgehead atoms. The maximum atomic E-state index is 2.63. The SMILES string of the molecule is CC(C)=C[SiH2]C1=CC2CCC2([SiH2]C=C(C)C)C=C1. The fraction of sp³-hybridized carbons (Fsp3) is 0.500. The van der Waals surface area contributed by atoms with Gasteiger partial charge in [-0.2, -0.15) is 0 Å². The number of fused-ring (bicyclic) bond motifs is 1. The first-order valence-electron chi connectivity index (χ1n) is 7.18. The van der Waals surface area contributed by atoms with Crippen molar-refractivity contribution in [1.82, 2.24) is 0 Å². The lowest BCUT2D eigenvalue weighted by Crippen LogP contribution is -2.37. The molecule has 1 fully saturated rings. The van der Waals surface area contributed by atoms with Crippen molar-refractivity contribution in [2.75, 3.05) is 0 Å². The molecule has 2 unspecified atom stereocenters. The Morgan fingerprint density at radius 2 is 1.94 bits per heavy atom. The number of allylic oxidation sites excluding steroid dienone is 6. The van der Waals surface area contributed by atoms with Gasteiger partial charge in [0.15, 0.2) is 0 Å². The molecule has 0 heterocycles. The monoisotopic (exact) mass is 274 g/mol. The Morgan fingerprint density at radius 3 is 2.44 bits per heavy atom. The Bertz CT molecular complexity index is 432. The topological polar surface area (TPSA) is 0 Å². The Kier molecular flexibility index (Phi) is 4.28. The predicted molar refractivity (Wildman–Crippen MR) is 88.6 cm³/mol. The third kappa shape index (κ3) is 3.04. The first-order valence-corrected chi connectivity index (χ1v) is 10.2. The van der Waals surface area contributed by atoms with E-state index in [2.05, 4.69) is 57.3 Å². The van der Waals surface area contributed by atoms with Crippen molar-refractivity contribution in [3.8, 4) is 0 Å². The lowest BCUT2D eigenvalue weighted by molar-refractivity contribution is 0.300. The summed E-state index contributed by atoms with van der Waals surface area (Å²) in [4.78, 5) is 0. The molecule has 0 aromatic rings. The molecule has 98 valence electrons. The zero-order valence-electron chi connectivity index (χ0n) is 12.3. The molecule has 0 radical (unpaired) electrons. The third-order valence-corrected chi connectivity index (χ3v) is 9.20. The Hall–Kier alpha value is -0.606. The highest BCUT2D eigenvalue weighted by Gasteiger charge is 2.43. The van der Waals surface area contributed by atoms with Crippen LogP contribution >= 0.6 is 0 Å². The predicted octanol–water partition coefficient (Wildman–Crippen LogP) is 3.19. The molecule has 0 N–H and O–H groups in total. The second-order valence-corrected chi connectivity index (χ2v) is 10.2. The minimum atomic E-state index is -0.146. The van der Waals surface area contributed by atoms with Crippen LogP contribution in [-0.2, 0) is 0 Å². The summed E-state index contributed by atoms with van der Waals surface area (Å²) in [5.41, 5.74) is 8.04. The molecule has 0 nitrogen and oxygen atoms in total. The van der Waals surface area contributed by atoms with Crippen LogP contribution in [0.3, 0.4) is 0 Å². The molecular weight excluding hydrogens is 248 g/mol. The Labute approximate surface area is 117 Å². The van der Waals surface area contributed by atoms with E-state index in [0.29, 0.717) is 5.04 Å². The minimum Gasteiger partial charge on any atom is -0.102 e. The molecule has 2 atom stereocenters. The molecule has 0 aliphatic heterocycles. The highest BCUT2D eigenvalue weighted by molar-refractivity contribution is 6.53. The molecule has 0 aromatic heterocycles. The van der Waals surface area contributed by atoms with E-state index in [1.165, 1.54) is 24.0 Å².